The van der Waals surface area contributed by atoms with E-state index in [1.54, 1.807) is 24.3 Å². The third kappa shape index (κ3) is 2.76. The fourth-order valence-electron chi connectivity index (χ4n) is 2.11. The number of hydrogen-bond acceptors (Lipinski definition) is 3. The summed E-state index contributed by atoms with van der Waals surface area (Å²) in [7, 11) is -3.12. The van der Waals surface area contributed by atoms with Crippen LogP contribution in [0.1, 0.15) is 30.9 Å². The van der Waals surface area contributed by atoms with E-state index < -0.39 is 9.84 Å². The van der Waals surface area contributed by atoms with Crippen molar-refractivity contribution in [2.24, 2.45) is 5.73 Å². The topological polar surface area (TPSA) is 60.2 Å². The molecular weight excluding hydrogens is 234 g/mol. The van der Waals surface area contributed by atoms with Crippen molar-refractivity contribution in [1.29, 1.82) is 0 Å². The zero-order chi connectivity index (χ0) is 12.5. The van der Waals surface area contributed by atoms with E-state index in [2.05, 4.69) is 6.08 Å². The van der Waals surface area contributed by atoms with Gasteiger partial charge in [0.25, 0.3) is 0 Å². The summed E-state index contributed by atoms with van der Waals surface area (Å²) in [5.41, 5.74) is 8.38. The first kappa shape index (κ1) is 12.3. The molecule has 0 radical (unpaired) electrons. The van der Waals surface area contributed by atoms with Gasteiger partial charge >= 0.3 is 0 Å². The molecule has 17 heavy (non-hydrogen) atoms. The Labute approximate surface area is 102 Å². The van der Waals surface area contributed by atoms with Crippen molar-refractivity contribution < 1.29 is 8.42 Å². The van der Waals surface area contributed by atoms with Crippen LogP contribution in [-0.4, -0.2) is 14.7 Å². The van der Waals surface area contributed by atoms with Crippen LogP contribution < -0.4 is 5.73 Å². The number of hydrogen-bond donors (Lipinski definition) is 1. The molecule has 0 aromatic heterocycles. The van der Waals surface area contributed by atoms with Crippen LogP contribution in [0.5, 0.6) is 0 Å². The molecule has 1 unspecified atom stereocenters. The first-order valence-corrected chi connectivity index (χ1v) is 7.62. The lowest BCUT2D eigenvalue weighted by molar-refractivity contribution is 0.602. The van der Waals surface area contributed by atoms with Crippen molar-refractivity contribution in [3.8, 4) is 0 Å². The Morgan fingerprint density at radius 1 is 1.24 bits per heavy atom. The highest BCUT2D eigenvalue weighted by Crippen LogP contribution is 2.29. The van der Waals surface area contributed by atoms with Crippen molar-refractivity contribution in [1.82, 2.24) is 0 Å². The van der Waals surface area contributed by atoms with Crippen molar-refractivity contribution in [3.63, 3.8) is 0 Å². The second kappa shape index (κ2) is 4.63. The highest BCUT2D eigenvalue weighted by atomic mass is 32.2. The molecule has 1 aromatic rings. The molecule has 0 fully saturated rings. The third-order valence-corrected chi connectivity index (χ3v) is 4.27. The second-order valence-corrected chi connectivity index (χ2v) is 6.51. The van der Waals surface area contributed by atoms with Crippen molar-refractivity contribution in [2.45, 2.75) is 30.2 Å². The molecule has 1 aliphatic carbocycles. The summed E-state index contributed by atoms with van der Waals surface area (Å²) in [5.74, 6) is 0. The van der Waals surface area contributed by atoms with Crippen LogP contribution in [0.3, 0.4) is 0 Å². The number of allylic oxidation sites excluding steroid dienone is 1. The first-order valence-electron chi connectivity index (χ1n) is 5.73. The SMILES string of the molecule is CS(=O)(=O)c1ccc(C(N)C2=CCCC2)cc1. The zero-order valence-corrected chi connectivity index (χ0v) is 10.7. The maximum absolute atomic E-state index is 11.3. The van der Waals surface area contributed by atoms with E-state index in [-0.39, 0.29) is 6.04 Å². The minimum absolute atomic E-state index is 0.0916. The lowest BCUT2D eigenvalue weighted by atomic mass is 9.99. The lowest BCUT2D eigenvalue weighted by Gasteiger charge is -2.13. The standard InChI is InChI=1S/C13H17NO2S/c1-17(15,16)12-8-6-11(7-9-12)13(14)10-4-2-3-5-10/h4,6-9,13H,2-3,5,14H2,1H3. The van der Waals surface area contributed by atoms with Gasteiger partial charge in [0.1, 0.15) is 0 Å². The first-order chi connectivity index (χ1) is 7.98. The van der Waals surface area contributed by atoms with Crippen LogP contribution in [0, 0.1) is 0 Å². The Hall–Kier alpha value is -1.13. The normalized spacial score (nSPS) is 17.9. The van der Waals surface area contributed by atoms with E-state index in [9.17, 15) is 8.42 Å². The van der Waals surface area contributed by atoms with Gasteiger partial charge in [-0.2, -0.15) is 0 Å². The Kier molecular flexibility index (Phi) is 3.35. The Morgan fingerprint density at radius 3 is 2.35 bits per heavy atom. The van der Waals surface area contributed by atoms with Gasteiger partial charge in [0.2, 0.25) is 0 Å². The van der Waals surface area contributed by atoms with Gasteiger partial charge in [0.15, 0.2) is 9.84 Å². The maximum Gasteiger partial charge on any atom is 0.175 e. The molecule has 1 aliphatic rings. The summed E-state index contributed by atoms with van der Waals surface area (Å²) in [6.07, 6.45) is 6.72. The Morgan fingerprint density at radius 2 is 1.88 bits per heavy atom. The van der Waals surface area contributed by atoms with Crippen LogP contribution >= 0.6 is 0 Å². The molecule has 1 atom stereocenters. The Balaban J connectivity index is 2.23. The molecule has 1 aromatic carbocycles. The van der Waals surface area contributed by atoms with Crippen LogP contribution in [0.15, 0.2) is 40.8 Å². The molecule has 0 saturated carbocycles. The summed E-state index contributed by atoms with van der Waals surface area (Å²) in [4.78, 5) is 0.342. The summed E-state index contributed by atoms with van der Waals surface area (Å²) in [6.45, 7) is 0. The second-order valence-electron chi connectivity index (χ2n) is 4.49. The summed E-state index contributed by atoms with van der Waals surface area (Å²) in [5, 5.41) is 0. The molecule has 2 rings (SSSR count). The molecular formula is C13H17NO2S. The van der Waals surface area contributed by atoms with E-state index >= 15 is 0 Å². The van der Waals surface area contributed by atoms with Gasteiger partial charge in [-0.3, -0.25) is 0 Å². The molecule has 0 saturated heterocycles. The molecule has 0 spiro atoms. The van der Waals surface area contributed by atoms with Gasteiger partial charge in [-0.05, 0) is 37.0 Å². The number of rotatable bonds is 3. The van der Waals surface area contributed by atoms with Crippen molar-refractivity contribution >= 4 is 9.84 Å². The van der Waals surface area contributed by atoms with E-state index in [4.69, 9.17) is 5.73 Å². The molecule has 3 nitrogen and oxygen atoms in total. The molecule has 0 aliphatic heterocycles. The smallest absolute Gasteiger partial charge is 0.175 e. The number of nitrogens with two attached hydrogens (primary N) is 1. The van der Waals surface area contributed by atoms with Gasteiger partial charge < -0.3 is 5.73 Å². The van der Waals surface area contributed by atoms with E-state index in [1.807, 2.05) is 0 Å². The predicted octanol–water partition coefficient (Wildman–Crippen LogP) is 2.20. The van der Waals surface area contributed by atoms with Crippen LogP contribution in [0.25, 0.3) is 0 Å². The van der Waals surface area contributed by atoms with E-state index in [1.165, 1.54) is 18.2 Å². The maximum atomic E-state index is 11.3. The quantitative estimate of drug-likeness (QED) is 0.838. The van der Waals surface area contributed by atoms with Gasteiger partial charge in [0.05, 0.1) is 10.9 Å². The van der Waals surface area contributed by atoms with Gasteiger partial charge in [0, 0.05) is 6.26 Å². The van der Waals surface area contributed by atoms with Crippen LogP contribution in [0.2, 0.25) is 0 Å². The predicted molar refractivity (Wildman–Crippen MR) is 68.4 cm³/mol. The molecule has 92 valence electrons. The summed E-state index contributed by atoms with van der Waals surface area (Å²) in [6, 6.07) is 6.77. The summed E-state index contributed by atoms with van der Waals surface area (Å²) < 4.78 is 22.7. The van der Waals surface area contributed by atoms with Crippen LogP contribution in [-0.2, 0) is 9.84 Å². The summed E-state index contributed by atoms with van der Waals surface area (Å²) >= 11 is 0. The number of benzene rings is 1. The van der Waals surface area contributed by atoms with Gasteiger partial charge in [-0.1, -0.05) is 23.8 Å². The average Bonchev–Trinajstić information content (AvgIpc) is 2.80. The largest absolute Gasteiger partial charge is 0.321 e. The third-order valence-electron chi connectivity index (χ3n) is 3.14. The Bertz CT molecular complexity index is 529. The van der Waals surface area contributed by atoms with E-state index in [0.717, 1.165) is 18.4 Å². The highest BCUT2D eigenvalue weighted by molar-refractivity contribution is 7.90. The molecule has 4 heteroatoms. The highest BCUT2D eigenvalue weighted by Gasteiger charge is 2.15. The minimum Gasteiger partial charge on any atom is -0.321 e. The van der Waals surface area contributed by atoms with Crippen molar-refractivity contribution in [2.75, 3.05) is 6.26 Å². The number of sulfone groups is 1. The molecule has 0 amide bonds. The average molecular weight is 251 g/mol. The van der Waals surface area contributed by atoms with Gasteiger partial charge in [-0.15, -0.1) is 0 Å². The fourth-order valence-corrected chi connectivity index (χ4v) is 2.75. The molecule has 0 bridgehead atoms. The van der Waals surface area contributed by atoms with Gasteiger partial charge in [-0.25, -0.2) is 8.42 Å². The van der Waals surface area contributed by atoms with Crippen molar-refractivity contribution in [3.05, 3.63) is 41.5 Å². The lowest BCUT2D eigenvalue weighted by Crippen LogP contribution is -2.12. The molecule has 0 heterocycles. The van der Waals surface area contributed by atoms with Crippen LogP contribution in [0.4, 0.5) is 0 Å². The van der Waals surface area contributed by atoms with E-state index in [0.29, 0.717) is 4.90 Å². The zero-order valence-electron chi connectivity index (χ0n) is 9.89. The fraction of sp³-hybridized carbons (Fsp3) is 0.385. The molecule has 2 N–H and O–H groups in total. The minimum atomic E-state index is -3.12. The monoisotopic (exact) mass is 251 g/mol.